The van der Waals surface area contributed by atoms with Gasteiger partial charge in [0.1, 0.15) is 11.9 Å². The molecule has 0 unspecified atom stereocenters. The first-order valence-corrected chi connectivity index (χ1v) is 11.7. The normalized spacial score (nSPS) is 34.2. The minimum absolute atomic E-state index is 0.0893. The molecule has 2 aromatic rings. The summed E-state index contributed by atoms with van der Waals surface area (Å²) in [4.78, 5) is 10.3. The number of nitrogens with two attached hydrogens (primary N) is 1. The number of nitrogens with one attached hydrogen (secondary N) is 1. The van der Waals surface area contributed by atoms with E-state index < -0.39 is 33.4 Å². The summed E-state index contributed by atoms with van der Waals surface area (Å²) < 4.78 is 62.0. The van der Waals surface area contributed by atoms with Gasteiger partial charge in [0.25, 0.3) is 5.92 Å². The smallest absolute Gasteiger partial charge is 0.290 e. The molecule has 6 nitrogen and oxygen atoms in total. The summed E-state index contributed by atoms with van der Waals surface area (Å²) in [5.74, 6) is -2.70. The molecule has 1 aromatic heterocycles. The summed E-state index contributed by atoms with van der Waals surface area (Å²) in [6.07, 6.45) is -1.18. The van der Waals surface area contributed by atoms with E-state index >= 15 is 0 Å². The zero-order valence-corrected chi connectivity index (χ0v) is 17.2. The Labute approximate surface area is 172 Å². The van der Waals surface area contributed by atoms with Crippen molar-refractivity contribution in [2.75, 3.05) is 23.0 Å². The average molecular weight is 437 g/mol. The Morgan fingerprint density at radius 1 is 1.23 bits per heavy atom. The fourth-order valence-corrected chi connectivity index (χ4v) is 6.44. The van der Waals surface area contributed by atoms with Gasteiger partial charge in [-0.1, -0.05) is 24.3 Å². The van der Waals surface area contributed by atoms with Gasteiger partial charge >= 0.3 is 0 Å². The van der Waals surface area contributed by atoms with Gasteiger partial charge in [-0.15, -0.1) is 0 Å². The molecule has 3 aliphatic rings. The van der Waals surface area contributed by atoms with E-state index in [1.165, 1.54) is 0 Å². The van der Waals surface area contributed by atoms with E-state index in [0.717, 1.165) is 5.56 Å². The van der Waals surface area contributed by atoms with Crippen molar-refractivity contribution < 1.29 is 17.4 Å². The summed E-state index contributed by atoms with van der Waals surface area (Å²) in [6.45, 7) is 1.77. The molecule has 2 saturated heterocycles. The van der Waals surface area contributed by atoms with Gasteiger partial charge in [-0.25, -0.2) is 18.6 Å². The summed E-state index contributed by atoms with van der Waals surface area (Å²) >= 11 is 0. The predicted molar refractivity (Wildman–Crippen MR) is 108 cm³/mol. The van der Waals surface area contributed by atoms with Crippen molar-refractivity contribution in [3.63, 3.8) is 0 Å². The monoisotopic (exact) mass is 437 g/mol. The Morgan fingerprint density at radius 2 is 1.90 bits per heavy atom. The summed E-state index contributed by atoms with van der Waals surface area (Å²) in [5, 5.41) is 0. The highest BCUT2D eigenvalue weighted by Gasteiger charge is 2.46. The van der Waals surface area contributed by atoms with Crippen molar-refractivity contribution in [2.45, 2.75) is 43.4 Å². The lowest BCUT2D eigenvalue weighted by Crippen LogP contribution is -2.58. The number of aromatic nitrogens is 2. The molecule has 2 aliphatic heterocycles. The van der Waals surface area contributed by atoms with E-state index in [2.05, 4.69) is 9.97 Å². The number of halogens is 3. The van der Waals surface area contributed by atoms with Gasteiger partial charge in [0, 0.05) is 27.3 Å². The van der Waals surface area contributed by atoms with Crippen LogP contribution in [-0.4, -0.2) is 44.4 Å². The van der Waals surface area contributed by atoms with E-state index in [1.54, 1.807) is 36.1 Å². The number of anilines is 1. The highest BCUT2D eigenvalue weighted by Crippen LogP contribution is 2.45. The first-order chi connectivity index (χ1) is 14.0. The van der Waals surface area contributed by atoms with Crippen LogP contribution in [0.4, 0.5) is 19.1 Å². The fourth-order valence-electron chi connectivity index (χ4n) is 4.52. The highest BCUT2D eigenvalue weighted by atomic mass is 32.2. The minimum Gasteiger partial charge on any atom is -0.332 e. The molecule has 3 heterocycles. The first kappa shape index (κ1) is 19.7. The van der Waals surface area contributed by atoms with Crippen LogP contribution in [0.3, 0.4) is 0 Å². The Hall–Kier alpha value is -2.20. The SMILES string of the molecule is C[C@H]1[C@H](F)CN1c1nc(-c2ccc(C3(N)CS(=N)(=O)C3)cc2)c2c(n1)C(F)(F)CC2. The van der Waals surface area contributed by atoms with Crippen molar-refractivity contribution in [3.05, 3.63) is 41.1 Å². The molecule has 5 rings (SSSR count). The van der Waals surface area contributed by atoms with E-state index in [1.807, 2.05) is 0 Å². The predicted octanol–water partition coefficient (Wildman–Crippen LogP) is 2.94. The lowest BCUT2D eigenvalue weighted by atomic mass is 9.92. The lowest BCUT2D eigenvalue weighted by Gasteiger charge is -2.42. The average Bonchev–Trinajstić information content (AvgIpc) is 2.98. The van der Waals surface area contributed by atoms with Crippen LogP contribution in [-0.2, 0) is 27.6 Å². The number of rotatable bonds is 3. The first-order valence-electron chi connectivity index (χ1n) is 9.83. The standard InChI is InChI=1S/C20H22F3N5OS/c1-11-15(21)8-28(11)18-26-16(14-6-7-20(22,23)17(14)27-18)12-2-4-13(5-3-12)19(24)9-30(25,29)10-19/h2-5,11,15,25H,6-10,24H2,1H3/t11-,15+,19?,30?/m0/s1. The van der Waals surface area contributed by atoms with Gasteiger partial charge in [0.15, 0.2) is 0 Å². The lowest BCUT2D eigenvalue weighted by molar-refractivity contribution is -0.00598. The van der Waals surface area contributed by atoms with Gasteiger partial charge in [0.2, 0.25) is 5.95 Å². The third-order valence-corrected chi connectivity index (χ3v) is 8.35. The van der Waals surface area contributed by atoms with E-state index in [-0.39, 0.29) is 42.5 Å². The van der Waals surface area contributed by atoms with Crippen molar-refractivity contribution in [3.8, 4) is 11.3 Å². The van der Waals surface area contributed by atoms with Crippen LogP contribution in [0.25, 0.3) is 11.3 Å². The molecule has 0 amide bonds. The number of hydrogen-bond acceptors (Lipinski definition) is 6. The number of hydrogen-bond donors (Lipinski definition) is 2. The van der Waals surface area contributed by atoms with Gasteiger partial charge < -0.3 is 10.6 Å². The maximum absolute atomic E-state index is 14.5. The molecular weight excluding hydrogens is 415 g/mol. The number of nitrogens with zero attached hydrogens (tertiary/aromatic N) is 3. The van der Waals surface area contributed by atoms with Crippen LogP contribution in [0.5, 0.6) is 0 Å². The van der Waals surface area contributed by atoms with Gasteiger partial charge in [-0.3, -0.25) is 4.78 Å². The van der Waals surface area contributed by atoms with E-state index in [9.17, 15) is 17.4 Å². The molecule has 3 N–H and O–H groups in total. The molecule has 1 aromatic carbocycles. The molecule has 0 bridgehead atoms. The highest BCUT2D eigenvalue weighted by molar-refractivity contribution is 7.94. The maximum atomic E-state index is 14.5. The van der Waals surface area contributed by atoms with Crippen LogP contribution < -0.4 is 10.6 Å². The molecule has 0 saturated carbocycles. The van der Waals surface area contributed by atoms with E-state index in [4.69, 9.17) is 10.5 Å². The summed E-state index contributed by atoms with van der Waals surface area (Å²) in [5.41, 5.74) is 7.44. The Balaban J connectivity index is 1.55. The molecule has 1 aliphatic carbocycles. The molecule has 10 heteroatoms. The van der Waals surface area contributed by atoms with Gasteiger partial charge in [0.05, 0.1) is 35.3 Å². The molecule has 0 spiro atoms. The van der Waals surface area contributed by atoms with Gasteiger partial charge in [-0.05, 0) is 18.9 Å². The third kappa shape index (κ3) is 2.91. The van der Waals surface area contributed by atoms with Crippen LogP contribution >= 0.6 is 0 Å². The van der Waals surface area contributed by atoms with Crippen LogP contribution in [0.15, 0.2) is 24.3 Å². The Morgan fingerprint density at radius 3 is 2.47 bits per heavy atom. The zero-order chi connectivity index (χ0) is 21.5. The van der Waals surface area contributed by atoms with Crippen LogP contribution in [0.1, 0.15) is 30.2 Å². The second-order valence-electron chi connectivity index (χ2n) is 8.65. The molecule has 2 atom stereocenters. The molecule has 0 radical (unpaired) electrons. The molecule has 2 fully saturated rings. The fraction of sp³-hybridized carbons (Fsp3) is 0.500. The second kappa shape index (κ2) is 6.16. The minimum atomic E-state index is -3.04. The van der Waals surface area contributed by atoms with Gasteiger partial charge in [-0.2, -0.15) is 8.78 Å². The number of fused-ring (bicyclic) bond motifs is 1. The molecule has 30 heavy (non-hydrogen) atoms. The second-order valence-corrected chi connectivity index (χ2v) is 10.8. The number of benzene rings is 1. The summed E-state index contributed by atoms with van der Waals surface area (Å²) in [7, 11) is -2.61. The van der Waals surface area contributed by atoms with Crippen molar-refractivity contribution in [1.29, 1.82) is 4.78 Å². The van der Waals surface area contributed by atoms with Crippen molar-refractivity contribution >= 4 is 15.7 Å². The van der Waals surface area contributed by atoms with Crippen LogP contribution in [0.2, 0.25) is 0 Å². The Kier molecular flexibility index (Phi) is 4.06. The topological polar surface area (TPSA) is 96.0 Å². The number of alkyl halides is 3. The van der Waals surface area contributed by atoms with E-state index in [0.29, 0.717) is 16.8 Å². The summed E-state index contributed by atoms with van der Waals surface area (Å²) in [6, 6.07) is 6.61. The Bertz CT molecular complexity index is 1120. The third-order valence-electron chi connectivity index (χ3n) is 6.39. The zero-order valence-electron chi connectivity index (χ0n) is 16.4. The largest absolute Gasteiger partial charge is 0.332 e. The maximum Gasteiger partial charge on any atom is 0.290 e. The quantitative estimate of drug-likeness (QED) is 0.770. The van der Waals surface area contributed by atoms with Crippen LogP contribution in [0, 0.1) is 4.78 Å². The van der Waals surface area contributed by atoms with Crippen molar-refractivity contribution in [2.24, 2.45) is 5.73 Å². The molecule has 160 valence electrons. The molecular formula is C20H22F3N5OS. The van der Waals surface area contributed by atoms with Crippen molar-refractivity contribution in [1.82, 2.24) is 9.97 Å².